The largest absolute Gasteiger partial charge is 0.489 e. The highest BCUT2D eigenvalue weighted by atomic mass is 32.2. The lowest BCUT2D eigenvalue weighted by Crippen LogP contribution is -2.28. The third kappa shape index (κ3) is 6.01. The molecule has 4 aromatic carbocycles. The van der Waals surface area contributed by atoms with Gasteiger partial charge in [-0.3, -0.25) is 9.69 Å². The van der Waals surface area contributed by atoms with Crippen molar-refractivity contribution in [3.05, 3.63) is 130 Å². The van der Waals surface area contributed by atoms with Gasteiger partial charge in [0.15, 0.2) is 5.17 Å². The van der Waals surface area contributed by atoms with E-state index in [1.54, 1.807) is 4.90 Å². The van der Waals surface area contributed by atoms with Crippen molar-refractivity contribution in [1.82, 2.24) is 0 Å². The molecule has 1 amide bonds. The van der Waals surface area contributed by atoms with Gasteiger partial charge in [-0.2, -0.15) is 0 Å². The fourth-order valence-corrected chi connectivity index (χ4v) is 4.86. The molecule has 5 heteroatoms. The van der Waals surface area contributed by atoms with Gasteiger partial charge in [0, 0.05) is 0 Å². The van der Waals surface area contributed by atoms with E-state index in [4.69, 9.17) is 9.73 Å². The van der Waals surface area contributed by atoms with Crippen LogP contribution in [0.1, 0.15) is 27.8 Å². The number of anilines is 1. The number of rotatable bonds is 6. The SMILES string of the molecule is Cc1ccc(COc2ccc(/C=C3\SC(=Nc4ccc(C)cc4)N(c4ccc(C)cc4)C3=O)cc2)cc1. The Balaban J connectivity index is 1.38. The first-order valence-electron chi connectivity index (χ1n) is 12.2. The van der Waals surface area contributed by atoms with Crippen molar-refractivity contribution in [3.8, 4) is 5.75 Å². The summed E-state index contributed by atoms with van der Waals surface area (Å²) in [6.45, 7) is 6.66. The minimum Gasteiger partial charge on any atom is -0.489 e. The van der Waals surface area contributed by atoms with Crippen molar-refractivity contribution in [1.29, 1.82) is 0 Å². The van der Waals surface area contributed by atoms with Crippen LogP contribution in [0.25, 0.3) is 6.08 Å². The van der Waals surface area contributed by atoms with Crippen LogP contribution in [-0.2, 0) is 11.4 Å². The summed E-state index contributed by atoms with van der Waals surface area (Å²) in [6.07, 6.45) is 1.91. The summed E-state index contributed by atoms with van der Waals surface area (Å²) in [5, 5.41) is 0.641. The van der Waals surface area contributed by atoms with E-state index in [1.165, 1.54) is 22.9 Å². The molecule has 0 unspecified atom stereocenters. The van der Waals surface area contributed by atoms with E-state index in [2.05, 4.69) is 31.2 Å². The van der Waals surface area contributed by atoms with E-state index in [9.17, 15) is 4.79 Å². The second kappa shape index (κ2) is 10.9. The molecule has 184 valence electrons. The fourth-order valence-electron chi connectivity index (χ4n) is 3.86. The van der Waals surface area contributed by atoms with Crippen LogP contribution in [0.5, 0.6) is 5.75 Å². The molecule has 1 saturated heterocycles. The number of benzene rings is 4. The zero-order valence-electron chi connectivity index (χ0n) is 21.1. The quantitative estimate of drug-likeness (QED) is 0.250. The third-order valence-electron chi connectivity index (χ3n) is 6.06. The van der Waals surface area contributed by atoms with E-state index in [0.717, 1.165) is 33.8 Å². The van der Waals surface area contributed by atoms with Crippen molar-refractivity contribution in [2.24, 2.45) is 4.99 Å². The minimum absolute atomic E-state index is 0.0839. The molecule has 0 atom stereocenters. The van der Waals surface area contributed by atoms with Crippen molar-refractivity contribution in [2.75, 3.05) is 4.90 Å². The molecule has 0 saturated carbocycles. The molecule has 1 fully saturated rings. The zero-order valence-corrected chi connectivity index (χ0v) is 22.0. The Morgan fingerprint density at radius 2 is 1.32 bits per heavy atom. The van der Waals surface area contributed by atoms with Gasteiger partial charge in [-0.05, 0) is 86.1 Å². The maximum Gasteiger partial charge on any atom is 0.271 e. The van der Waals surface area contributed by atoms with Crippen LogP contribution in [0.4, 0.5) is 11.4 Å². The molecule has 37 heavy (non-hydrogen) atoms. The average molecular weight is 505 g/mol. The van der Waals surface area contributed by atoms with Crippen molar-refractivity contribution in [3.63, 3.8) is 0 Å². The van der Waals surface area contributed by atoms with Gasteiger partial charge in [0.2, 0.25) is 0 Å². The van der Waals surface area contributed by atoms with Gasteiger partial charge >= 0.3 is 0 Å². The predicted octanol–water partition coefficient (Wildman–Crippen LogP) is 8.00. The molecule has 0 N–H and O–H groups in total. The highest BCUT2D eigenvalue weighted by Crippen LogP contribution is 2.37. The summed E-state index contributed by atoms with van der Waals surface area (Å²) < 4.78 is 5.93. The highest BCUT2D eigenvalue weighted by Gasteiger charge is 2.34. The molecule has 1 heterocycles. The number of aliphatic imine (C=N–C) groups is 1. The number of hydrogen-bond donors (Lipinski definition) is 0. The van der Waals surface area contributed by atoms with Gasteiger partial charge in [0.05, 0.1) is 16.3 Å². The Morgan fingerprint density at radius 3 is 1.95 bits per heavy atom. The van der Waals surface area contributed by atoms with Crippen LogP contribution < -0.4 is 9.64 Å². The molecular formula is C32H28N2O2S. The first-order valence-corrected chi connectivity index (χ1v) is 13.0. The van der Waals surface area contributed by atoms with Crippen LogP contribution in [0.3, 0.4) is 0 Å². The normalized spacial score (nSPS) is 15.5. The maximum absolute atomic E-state index is 13.5. The van der Waals surface area contributed by atoms with Gasteiger partial charge in [0.1, 0.15) is 12.4 Å². The number of amides is 1. The summed E-state index contributed by atoms with van der Waals surface area (Å²) in [5.41, 5.74) is 7.21. The molecule has 1 aliphatic rings. The molecule has 4 nitrogen and oxygen atoms in total. The van der Waals surface area contributed by atoms with E-state index >= 15 is 0 Å². The fraction of sp³-hybridized carbons (Fsp3) is 0.125. The molecule has 0 aromatic heterocycles. The van der Waals surface area contributed by atoms with Crippen LogP contribution in [0.2, 0.25) is 0 Å². The van der Waals surface area contributed by atoms with Crippen molar-refractivity contribution < 1.29 is 9.53 Å². The van der Waals surface area contributed by atoms with Crippen LogP contribution in [-0.4, -0.2) is 11.1 Å². The number of nitrogens with zero attached hydrogens (tertiary/aromatic N) is 2. The monoisotopic (exact) mass is 504 g/mol. The second-order valence-electron chi connectivity index (χ2n) is 9.16. The number of amidine groups is 1. The van der Waals surface area contributed by atoms with E-state index in [0.29, 0.717) is 16.7 Å². The molecule has 0 spiro atoms. The van der Waals surface area contributed by atoms with Gasteiger partial charge in [-0.1, -0.05) is 77.4 Å². The number of thioether (sulfide) groups is 1. The summed E-state index contributed by atoms with van der Waals surface area (Å²) in [4.78, 5) is 20.7. The van der Waals surface area contributed by atoms with Crippen molar-refractivity contribution >= 4 is 40.3 Å². The second-order valence-corrected chi connectivity index (χ2v) is 10.2. The smallest absolute Gasteiger partial charge is 0.271 e. The number of hydrogen-bond acceptors (Lipinski definition) is 4. The van der Waals surface area contributed by atoms with Gasteiger partial charge in [-0.15, -0.1) is 0 Å². The Morgan fingerprint density at radius 1 is 0.757 bits per heavy atom. The standard InChI is InChI=1S/C32H28N2O2S/c1-22-4-10-26(11-5-22)21-36-29-18-12-25(13-19-29)20-30-31(35)34(28-16-8-24(3)9-17-28)32(37-30)33-27-14-6-23(2)7-15-27/h4-20H,21H2,1-3H3/b30-20-,33-32?. The molecule has 4 aromatic rings. The van der Waals surface area contributed by atoms with E-state index in [1.807, 2.05) is 92.7 Å². The van der Waals surface area contributed by atoms with Crippen LogP contribution >= 0.6 is 11.8 Å². The number of carbonyl (C=O) groups excluding carboxylic acids is 1. The minimum atomic E-state index is -0.0839. The summed E-state index contributed by atoms with van der Waals surface area (Å²) in [5.74, 6) is 0.704. The lowest BCUT2D eigenvalue weighted by molar-refractivity contribution is -0.113. The Hall–Kier alpha value is -4.09. The molecule has 0 bridgehead atoms. The average Bonchev–Trinajstić information content (AvgIpc) is 3.20. The molecular weight excluding hydrogens is 476 g/mol. The molecule has 5 rings (SSSR count). The summed E-state index contributed by atoms with van der Waals surface area (Å²) in [6, 6.07) is 32.0. The lowest BCUT2D eigenvalue weighted by Gasteiger charge is -2.16. The third-order valence-corrected chi connectivity index (χ3v) is 7.03. The summed E-state index contributed by atoms with van der Waals surface area (Å²) in [7, 11) is 0. The molecule has 1 aliphatic heterocycles. The molecule has 0 radical (unpaired) electrons. The Labute approximate surface area is 222 Å². The van der Waals surface area contributed by atoms with Gasteiger partial charge in [-0.25, -0.2) is 4.99 Å². The van der Waals surface area contributed by atoms with Crippen LogP contribution in [0, 0.1) is 20.8 Å². The van der Waals surface area contributed by atoms with Crippen molar-refractivity contribution in [2.45, 2.75) is 27.4 Å². The number of ether oxygens (including phenoxy) is 1. The highest BCUT2D eigenvalue weighted by molar-refractivity contribution is 8.19. The Bertz CT molecular complexity index is 1450. The predicted molar refractivity (Wildman–Crippen MR) is 154 cm³/mol. The van der Waals surface area contributed by atoms with Gasteiger partial charge < -0.3 is 4.74 Å². The van der Waals surface area contributed by atoms with Crippen LogP contribution in [0.15, 0.2) is 107 Å². The van der Waals surface area contributed by atoms with E-state index < -0.39 is 0 Å². The summed E-state index contributed by atoms with van der Waals surface area (Å²) >= 11 is 1.39. The topological polar surface area (TPSA) is 41.9 Å². The first kappa shape index (κ1) is 24.6. The Kier molecular flexibility index (Phi) is 7.24. The number of aryl methyl sites for hydroxylation is 3. The zero-order chi connectivity index (χ0) is 25.8. The number of carbonyl (C=O) groups is 1. The first-order chi connectivity index (χ1) is 17.9. The lowest BCUT2D eigenvalue weighted by atomic mass is 10.1. The van der Waals surface area contributed by atoms with Gasteiger partial charge in [0.25, 0.3) is 5.91 Å². The molecule has 0 aliphatic carbocycles. The van der Waals surface area contributed by atoms with E-state index in [-0.39, 0.29) is 5.91 Å². The maximum atomic E-state index is 13.5.